The van der Waals surface area contributed by atoms with Crippen LogP contribution in [0.4, 0.5) is 0 Å². The highest BCUT2D eigenvalue weighted by Gasteiger charge is 2.06. The van der Waals surface area contributed by atoms with E-state index in [1.165, 1.54) is 6.08 Å². The van der Waals surface area contributed by atoms with Gasteiger partial charge in [-0.25, -0.2) is 4.79 Å². The summed E-state index contributed by atoms with van der Waals surface area (Å²) in [4.78, 5) is 10.8. The third-order valence-electron chi connectivity index (χ3n) is 2.95. The van der Waals surface area contributed by atoms with Crippen LogP contribution in [0.25, 0.3) is 6.08 Å². The molecular weight excluding hydrogens is 330 g/mol. The maximum Gasteiger partial charge on any atom is 0.346 e. The maximum absolute atomic E-state index is 10.8. The molecule has 5 nitrogen and oxygen atoms in total. The Bertz CT molecular complexity index is 778. The number of hydrogen-bond donors (Lipinski definition) is 1. The van der Waals surface area contributed by atoms with Crippen LogP contribution in [-0.2, 0) is 4.79 Å². The number of ether oxygens (including phenoxy) is 2. The number of nitrogens with zero attached hydrogens (tertiary/aromatic N) is 1. The topological polar surface area (TPSA) is 79.5 Å². The summed E-state index contributed by atoms with van der Waals surface area (Å²) in [6, 6.07) is 15.5. The van der Waals surface area contributed by atoms with E-state index < -0.39 is 5.97 Å². The first kappa shape index (κ1) is 17.4. The third kappa shape index (κ3) is 5.34. The first-order valence-corrected chi connectivity index (χ1v) is 7.42. The molecule has 1 N–H and O–H groups in total. The zero-order valence-corrected chi connectivity index (χ0v) is 13.4. The lowest BCUT2D eigenvalue weighted by atomic mass is 10.1. The molecule has 0 aliphatic rings. The Morgan fingerprint density at radius 1 is 1.12 bits per heavy atom. The van der Waals surface area contributed by atoms with Crippen LogP contribution >= 0.6 is 11.6 Å². The highest BCUT2D eigenvalue weighted by Crippen LogP contribution is 2.17. The molecule has 0 fully saturated rings. The number of hydrogen-bond acceptors (Lipinski definition) is 4. The number of benzene rings is 2. The van der Waals surface area contributed by atoms with E-state index in [1.54, 1.807) is 54.6 Å². The Labute approximate surface area is 144 Å². The Morgan fingerprint density at radius 2 is 1.79 bits per heavy atom. The van der Waals surface area contributed by atoms with E-state index in [1.807, 2.05) is 0 Å². The summed E-state index contributed by atoms with van der Waals surface area (Å²) in [5.41, 5.74) is 0.239. The number of rotatable bonds is 7. The highest BCUT2D eigenvalue weighted by molar-refractivity contribution is 6.30. The van der Waals surface area contributed by atoms with Gasteiger partial charge in [-0.2, -0.15) is 5.26 Å². The molecule has 0 saturated heterocycles. The largest absolute Gasteiger partial charge is 0.490 e. The van der Waals surface area contributed by atoms with Gasteiger partial charge in [0.25, 0.3) is 0 Å². The van der Waals surface area contributed by atoms with Gasteiger partial charge in [0.05, 0.1) is 0 Å². The second-order valence-electron chi connectivity index (χ2n) is 4.70. The fourth-order valence-electron chi connectivity index (χ4n) is 1.85. The van der Waals surface area contributed by atoms with Crippen molar-refractivity contribution >= 4 is 23.6 Å². The van der Waals surface area contributed by atoms with Crippen molar-refractivity contribution in [3.8, 4) is 17.6 Å². The SMILES string of the molecule is N#CC(=Cc1cccc(OCCOc2ccc(Cl)cc2)c1)C(=O)O. The van der Waals surface area contributed by atoms with Gasteiger partial charge in [0.2, 0.25) is 0 Å². The smallest absolute Gasteiger partial charge is 0.346 e. The van der Waals surface area contributed by atoms with Gasteiger partial charge < -0.3 is 14.6 Å². The van der Waals surface area contributed by atoms with Crippen molar-refractivity contribution in [2.45, 2.75) is 0 Å². The molecule has 0 aliphatic heterocycles. The Morgan fingerprint density at radius 3 is 2.42 bits per heavy atom. The standard InChI is InChI=1S/C18H14ClNO4/c19-15-4-6-16(7-5-15)23-8-9-24-17-3-1-2-13(11-17)10-14(12-20)18(21)22/h1-7,10-11H,8-9H2,(H,21,22). The molecule has 2 aromatic rings. The molecule has 0 heterocycles. The van der Waals surface area contributed by atoms with E-state index in [4.69, 9.17) is 31.4 Å². The fraction of sp³-hybridized carbons (Fsp3) is 0.111. The lowest BCUT2D eigenvalue weighted by molar-refractivity contribution is -0.132. The van der Waals surface area contributed by atoms with E-state index in [0.717, 1.165) is 0 Å². The molecule has 0 unspecified atom stereocenters. The summed E-state index contributed by atoms with van der Waals surface area (Å²) >= 11 is 5.79. The number of carboxylic acid groups (broad SMARTS) is 1. The van der Waals surface area contributed by atoms with E-state index in [9.17, 15) is 4.79 Å². The molecule has 0 aromatic heterocycles. The molecule has 122 valence electrons. The number of carboxylic acids is 1. The summed E-state index contributed by atoms with van der Waals surface area (Å²) in [7, 11) is 0. The molecule has 24 heavy (non-hydrogen) atoms. The van der Waals surface area contributed by atoms with Gasteiger partial charge in [-0.3, -0.25) is 0 Å². The van der Waals surface area contributed by atoms with E-state index in [2.05, 4.69) is 0 Å². The first-order chi connectivity index (χ1) is 11.6. The molecule has 0 bridgehead atoms. The molecule has 0 atom stereocenters. The van der Waals surface area contributed by atoms with Gasteiger partial charge in [-0.05, 0) is 48.0 Å². The van der Waals surface area contributed by atoms with Crippen LogP contribution in [0.3, 0.4) is 0 Å². The van der Waals surface area contributed by atoms with Crippen LogP contribution in [-0.4, -0.2) is 24.3 Å². The molecule has 0 spiro atoms. The molecule has 6 heteroatoms. The predicted molar refractivity (Wildman–Crippen MR) is 90.1 cm³/mol. The van der Waals surface area contributed by atoms with Gasteiger partial charge in [0.15, 0.2) is 0 Å². The number of carbonyl (C=O) groups is 1. The molecular formula is C18H14ClNO4. The average molecular weight is 344 g/mol. The summed E-state index contributed by atoms with van der Waals surface area (Å²) in [6.07, 6.45) is 1.29. The van der Waals surface area contributed by atoms with Crippen molar-refractivity contribution in [3.05, 3.63) is 64.7 Å². The average Bonchev–Trinajstić information content (AvgIpc) is 2.58. The van der Waals surface area contributed by atoms with Gasteiger partial charge in [0, 0.05) is 5.02 Å². The van der Waals surface area contributed by atoms with Crippen molar-refractivity contribution in [1.29, 1.82) is 5.26 Å². The van der Waals surface area contributed by atoms with Crippen molar-refractivity contribution < 1.29 is 19.4 Å². The minimum Gasteiger partial charge on any atom is -0.490 e. The van der Waals surface area contributed by atoms with Gasteiger partial charge in [-0.1, -0.05) is 23.7 Å². The van der Waals surface area contributed by atoms with Crippen molar-refractivity contribution in [2.75, 3.05) is 13.2 Å². The van der Waals surface area contributed by atoms with E-state index >= 15 is 0 Å². The lowest BCUT2D eigenvalue weighted by Gasteiger charge is -2.09. The van der Waals surface area contributed by atoms with Gasteiger partial charge >= 0.3 is 5.97 Å². The maximum atomic E-state index is 10.8. The first-order valence-electron chi connectivity index (χ1n) is 7.05. The molecule has 0 amide bonds. The fourth-order valence-corrected chi connectivity index (χ4v) is 1.98. The molecule has 2 aromatic carbocycles. The molecule has 0 aliphatic carbocycles. The zero-order chi connectivity index (χ0) is 17.4. The summed E-state index contributed by atoms with van der Waals surface area (Å²) < 4.78 is 11.1. The molecule has 0 radical (unpaired) electrons. The summed E-state index contributed by atoms with van der Waals surface area (Å²) in [5, 5.41) is 18.3. The Balaban J connectivity index is 1.89. The number of nitriles is 1. The summed E-state index contributed by atoms with van der Waals surface area (Å²) in [6.45, 7) is 0.667. The van der Waals surface area contributed by atoms with Crippen LogP contribution in [0.2, 0.25) is 5.02 Å². The number of halogens is 1. The zero-order valence-electron chi connectivity index (χ0n) is 12.6. The van der Waals surface area contributed by atoms with Crippen LogP contribution in [0, 0.1) is 11.3 Å². The molecule has 0 saturated carbocycles. The second-order valence-corrected chi connectivity index (χ2v) is 5.13. The quantitative estimate of drug-likeness (QED) is 0.470. The lowest BCUT2D eigenvalue weighted by Crippen LogP contribution is -2.08. The monoisotopic (exact) mass is 343 g/mol. The van der Waals surface area contributed by atoms with Crippen molar-refractivity contribution in [1.82, 2.24) is 0 Å². The Kier molecular flexibility index (Phi) is 6.23. The minimum atomic E-state index is -1.26. The Hall–Kier alpha value is -2.97. The third-order valence-corrected chi connectivity index (χ3v) is 3.21. The minimum absolute atomic E-state index is 0.319. The van der Waals surface area contributed by atoms with E-state index in [0.29, 0.717) is 35.3 Å². The highest BCUT2D eigenvalue weighted by atomic mass is 35.5. The van der Waals surface area contributed by atoms with Gasteiger partial charge in [0.1, 0.15) is 36.4 Å². The van der Waals surface area contributed by atoms with Crippen LogP contribution < -0.4 is 9.47 Å². The number of aliphatic carboxylic acids is 1. The predicted octanol–water partition coefficient (Wildman–Crippen LogP) is 3.79. The van der Waals surface area contributed by atoms with Crippen molar-refractivity contribution in [3.63, 3.8) is 0 Å². The van der Waals surface area contributed by atoms with Crippen LogP contribution in [0.5, 0.6) is 11.5 Å². The van der Waals surface area contributed by atoms with Gasteiger partial charge in [-0.15, -0.1) is 0 Å². The molecule has 2 rings (SSSR count). The van der Waals surface area contributed by atoms with Crippen LogP contribution in [0.1, 0.15) is 5.56 Å². The second kappa shape index (κ2) is 8.61. The normalized spacial score (nSPS) is 10.8. The van der Waals surface area contributed by atoms with Crippen molar-refractivity contribution in [2.24, 2.45) is 0 Å². The van der Waals surface area contributed by atoms with E-state index in [-0.39, 0.29) is 5.57 Å². The van der Waals surface area contributed by atoms with Crippen LogP contribution in [0.15, 0.2) is 54.1 Å². The summed E-state index contributed by atoms with van der Waals surface area (Å²) in [5.74, 6) is -0.00822.